The summed E-state index contributed by atoms with van der Waals surface area (Å²) in [6, 6.07) is 12.4. The average molecular weight is 294 g/mol. The van der Waals surface area contributed by atoms with Gasteiger partial charge in [0.25, 0.3) is 5.91 Å². The molecule has 0 saturated heterocycles. The van der Waals surface area contributed by atoms with Gasteiger partial charge in [0, 0.05) is 10.7 Å². The number of hydrogen-bond acceptors (Lipinski definition) is 2. The van der Waals surface area contributed by atoms with Crippen LogP contribution in [0.4, 0.5) is 10.1 Å². The maximum atomic E-state index is 13.0. The Bertz CT molecular complexity index is 601. The van der Waals surface area contributed by atoms with Crippen LogP contribution in [-0.4, -0.2) is 12.0 Å². The largest absolute Gasteiger partial charge is 0.481 e. The summed E-state index contributed by atoms with van der Waals surface area (Å²) in [5.41, 5.74) is 0.390. The molecule has 104 valence electrons. The maximum absolute atomic E-state index is 13.0. The van der Waals surface area contributed by atoms with Crippen LogP contribution in [0.2, 0.25) is 5.02 Å². The molecule has 2 aromatic carbocycles. The predicted octanol–water partition coefficient (Wildman–Crippen LogP) is 3.89. The van der Waals surface area contributed by atoms with Gasteiger partial charge in [0.15, 0.2) is 6.10 Å². The smallest absolute Gasteiger partial charge is 0.265 e. The summed E-state index contributed by atoms with van der Waals surface area (Å²) in [6.07, 6.45) is -0.709. The second-order valence-electron chi connectivity index (χ2n) is 4.21. The maximum Gasteiger partial charge on any atom is 0.265 e. The first-order valence-electron chi connectivity index (χ1n) is 6.03. The van der Waals surface area contributed by atoms with E-state index in [1.165, 1.54) is 18.2 Å². The Morgan fingerprint density at radius 3 is 2.60 bits per heavy atom. The topological polar surface area (TPSA) is 38.3 Å². The van der Waals surface area contributed by atoms with Gasteiger partial charge in [0.05, 0.1) is 0 Å². The molecular formula is C15H13ClFNO2. The molecule has 1 amide bonds. The van der Waals surface area contributed by atoms with Gasteiger partial charge < -0.3 is 10.1 Å². The Morgan fingerprint density at radius 1 is 1.25 bits per heavy atom. The van der Waals surface area contributed by atoms with Crippen LogP contribution < -0.4 is 10.1 Å². The Morgan fingerprint density at radius 2 is 1.95 bits per heavy atom. The van der Waals surface area contributed by atoms with E-state index in [4.69, 9.17) is 16.3 Å². The van der Waals surface area contributed by atoms with E-state index >= 15 is 0 Å². The molecule has 2 rings (SSSR count). The fourth-order valence-electron chi connectivity index (χ4n) is 1.58. The minimum atomic E-state index is -0.709. The summed E-state index contributed by atoms with van der Waals surface area (Å²) in [7, 11) is 0. The average Bonchev–Trinajstić information content (AvgIpc) is 2.41. The van der Waals surface area contributed by atoms with Crippen LogP contribution in [0.1, 0.15) is 6.92 Å². The molecule has 0 aliphatic heterocycles. The number of carbonyl (C=O) groups is 1. The Kier molecular flexibility index (Phi) is 4.58. The highest BCUT2D eigenvalue weighted by atomic mass is 35.5. The van der Waals surface area contributed by atoms with E-state index in [9.17, 15) is 9.18 Å². The number of hydrogen-bond donors (Lipinski definition) is 1. The first-order chi connectivity index (χ1) is 9.54. The molecule has 1 unspecified atom stereocenters. The van der Waals surface area contributed by atoms with E-state index in [1.807, 2.05) is 0 Å². The highest BCUT2D eigenvalue weighted by Crippen LogP contribution is 2.17. The van der Waals surface area contributed by atoms with Crippen molar-refractivity contribution in [3.63, 3.8) is 0 Å². The second kappa shape index (κ2) is 6.39. The Balaban J connectivity index is 1.96. The van der Waals surface area contributed by atoms with E-state index in [2.05, 4.69) is 5.32 Å². The molecule has 0 aliphatic carbocycles. The Labute approximate surface area is 121 Å². The van der Waals surface area contributed by atoms with Crippen molar-refractivity contribution in [2.75, 3.05) is 5.32 Å². The number of benzene rings is 2. The fourth-order valence-corrected chi connectivity index (χ4v) is 1.71. The molecule has 5 heteroatoms. The highest BCUT2D eigenvalue weighted by Gasteiger charge is 2.15. The third kappa shape index (κ3) is 3.96. The van der Waals surface area contributed by atoms with Crippen LogP contribution in [0, 0.1) is 5.82 Å². The van der Waals surface area contributed by atoms with Gasteiger partial charge in [0.1, 0.15) is 11.6 Å². The molecular weight excluding hydrogens is 281 g/mol. The molecule has 0 fully saturated rings. The van der Waals surface area contributed by atoms with Crippen LogP contribution >= 0.6 is 11.6 Å². The molecule has 20 heavy (non-hydrogen) atoms. The molecule has 3 nitrogen and oxygen atoms in total. The van der Waals surface area contributed by atoms with Gasteiger partial charge in [-0.1, -0.05) is 17.7 Å². The third-order valence-corrected chi connectivity index (χ3v) is 2.84. The zero-order valence-electron chi connectivity index (χ0n) is 10.8. The van der Waals surface area contributed by atoms with Gasteiger partial charge in [0.2, 0.25) is 0 Å². The van der Waals surface area contributed by atoms with Crippen molar-refractivity contribution in [2.45, 2.75) is 13.0 Å². The van der Waals surface area contributed by atoms with Crippen molar-refractivity contribution in [2.24, 2.45) is 0 Å². The molecule has 1 atom stereocenters. The fraction of sp³-hybridized carbons (Fsp3) is 0.133. The van der Waals surface area contributed by atoms with Crippen molar-refractivity contribution in [1.29, 1.82) is 0 Å². The highest BCUT2D eigenvalue weighted by molar-refractivity contribution is 6.30. The zero-order chi connectivity index (χ0) is 14.5. The second-order valence-corrected chi connectivity index (χ2v) is 4.65. The monoisotopic (exact) mass is 293 g/mol. The quantitative estimate of drug-likeness (QED) is 0.929. The molecule has 0 saturated carbocycles. The van der Waals surface area contributed by atoms with E-state index < -0.39 is 11.9 Å². The van der Waals surface area contributed by atoms with Crippen molar-refractivity contribution in [3.8, 4) is 5.75 Å². The number of halogens is 2. The number of ether oxygens (including phenoxy) is 1. The summed E-state index contributed by atoms with van der Waals surface area (Å²) in [6.45, 7) is 1.61. The lowest BCUT2D eigenvalue weighted by molar-refractivity contribution is -0.122. The first-order valence-corrected chi connectivity index (χ1v) is 6.41. The van der Waals surface area contributed by atoms with E-state index in [1.54, 1.807) is 37.3 Å². The van der Waals surface area contributed by atoms with Crippen LogP contribution in [0.5, 0.6) is 5.75 Å². The number of nitrogens with one attached hydrogen (secondary N) is 1. The summed E-state index contributed by atoms with van der Waals surface area (Å²) in [5, 5.41) is 3.18. The van der Waals surface area contributed by atoms with Crippen molar-refractivity contribution in [1.82, 2.24) is 0 Å². The summed E-state index contributed by atoms with van der Waals surface area (Å²) in [5.74, 6) is -0.226. The first kappa shape index (κ1) is 14.3. The third-order valence-electron chi connectivity index (χ3n) is 2.59. The zero-order valence-corrected chi connectivity index (χ0v) is 11.5. The summed E-state index contributed by atoms with van der Waals surface area (Å²) < 4.78 is 18.5. The molecule has 0 aliphatic rings. The van der Waals surface area contributed by atoms with Gasteiger partial charge in [-0.25, -0.2) is 4.39 Å². The van der Waals surface area contributed by atoms with E-state index in [0.29, 0.717) is 16.5 Å². The molecule has 0 heterocycles. The SMILES string of the molecule is CC(Oc1ccc(Cl)cc1)C(=O)Nc1cccc(F)c1. The van der Waals surface area contributed by atoms with Crippen LogP contribution in [-0.2, 0) is 4.79 Å². The van der Waals surface area contributed by atoms with E-state index in [0.717, 1.165) is 0 Å². The van der Waals surface area contributed by atoms with Crippen molar-refractivity contribution >= 4 is 23.2 Å². The van der Waals surface area contributed by atoms with E-state index in [-0.39, 0.29) is 5.91 Å². The van der Waals surface area contributed by atoms with Gasteiger partial charge >= 0.3 is 0 Å². The van der Waals surface area contributed by atoms with Gasteiger partial charge in [-0.2, -0.15) is 0 Å². The number of rotatable bonds is 4. The van der Waals surface area contributed by atoms with Crippen LogP contribution in [0.15, 0.2) is 48.5 Å². The Hall–Kier alpha value is -2.07. The molecule has 0 bridgehead atoms. The summed E-state index contributed by atoms with van der Waals surface area (Å²) in [4.78, 5) is 11.9. The normalized spacial score (nSPS) is 11.8. The lowest BCUT2D eigenvalue weighted by Gasteiger charge is -2.14. The van der Waals surface area contributed by atoms with Gasteiger partial charge in [-0.3, -0.25) is 4.79 Å². The molecule has 0 aromatic heterocycles. The molecule has 0 spiro atoms. The number of carbonyl (C=O) groups excluding carboxylic acids is 1. The minimum absolute atomic E-state index is 0.356. The van der Waals surface area contributed by atoms with Gasteiger partial charge in [-0.05, 0) is 49.4 Å². The van der Waals surface area contributed by atoms with Crippen molar-refractivity contribution < 1.29 is 13.9 Å². The molecule has 2 aromatic rings. The lowest BCUT2D eigenvalue weighted by atomic mass is 10.3. The predicted molar refractivity (Wildman–Crippen MR) is 76.6 cm³/mol. The standard InChI is InChI=1S/C15H13ClFNO2/c1-10(20-14-7-5-11(16)6-8-14)15(19)18-13-4-2-3-12(17)9-13/h2-10H,1H3,(H,18,19). The molecule has 1 N–H and O–H groups in total. The number of amides is 1. The van der Waals surface area contributed by atoms with Crippen LogP contribution in [0.3, 0.4) is 0 Å². The number of anilines is 1. The van der Waals surface area contributed by atoms with Gasteiger partial charge in [-0.15, -0.1) is 0 Å². The van der Waals surface area contributed by atoms with Crippen molar-refractivity contribution in [3.05, 3.63) is 59.4 Å². The molecule has 0 radical (unpaired) electrons. The van der Waals surface area contributed by atoms with Crippen LogP contribution in [0.25, 0.3) is 0 Å². The summed E-state index contributed by atoms with van der Waals surface area (Å²) >= 11 is 5.76. The lowest BCUT2D eigenvalue weighted by Crippen LogP contribution is -2.30. The minimum Gasteiger partial charge on any atom is -0.481 e.